The molecule has 0 spiro atoms. The molecule has 1 N–H and O–H groups in total. The lowest BCUT2D eigenvalue weighted by molar-refractivity contribution is -0.125. The summed E-state index contributed by atoms with van der Waals surface area (Å²) in [6.07, 6.45) is 4.15. The van der Waals surface area contributed by atoms with Gasteiger partial charge in [-0.3, -0.25) is 9.69 Å². The van der Waals surface area contributed by atoms with Gasteiger partial charge in [0, 0.05) is 6.54 Å². The molecule has 2 rings (SSSR count). The Labute approximate surface area is 139 Å². The number of sulfone groups is 1. The number of nitrogens with zero attached hydrogens (tertiary/aromatic N) is 1. The molecule has 23 heavy (non-hydrogen) atoms. The Bertz CT molecular complexity index is 626. The maximum atomic E-state index is 12.3. The van der Waals surface area contributed by atoms with Gasteiger partial charge in [0.15, 0.2) is 9.84 Å². The van der Waals surface area contributed by atoms with Crippen LogP contribution in [0, 0.1) is 6.92 Å². The van der Waals surface area contributed by atoms with E-state index in [-0.39, 0.29) is 24.2 Å². The van der Waals surface area contributed by atoms with Crippen molar-refractivity contribution >= 4 is 15.7 Å². The van der Waals surface area contributed by atoms with E-state index in [1.165, 1.54) is 0 Å². The van der Waals surface area contributed by atoms with Gasteiger partial charge >= 0.3 is 0 Å². The van der Waals surface area contributed by atoms with Gasteiger partial charge in [-0.25, -0.2) is 8.42 Å². The summed E-state index contributed by atoms with van der Waals surface area (Å²) in [7, 11) is -1.40. The van der Waals surface area contributed by atoms with Gasteiger partial charge in [-0.2, -0.15) is 0 Å². The fourth-order valence-electron chi connectivity index (χ4n) is 2.87. The van der Waals surface area contributed by atoms with Gasteiger partial charge in [-0.05, 0) is 45.5 Å². The lowest BCUT2D eigenvalue weighted by Crippen LogP contribution is -2.45. The third-order valence-electron chi connectivity index (χ3n) is 4.37. The molecular formula is C17H26N2O3S. The Hall–Kier alpha value is -1.40. The minimum Gasteiger partial charge on any atom is -0.354 e. The van der Waals surface area contributed by atoms with Gasteiger partial charge in [0.2, 0.25) is 5.91 Å². The number of amides is 1. The third-order valence-corrected chi connectivity index (χ3v) is 6.11. The van der Waals surface area contributed by atoms with Gasteiger partial charge < -0.3 is 5.32 Å². The van der Waals surface area contributed by atoms with Crippen molar-refractivity contribution in [3.8, 4) is 0 Å². The summed E-state index contributed by atoms with van der Waals surface area (Å²) < 4.78 is 24.5. The highest BCUT2D eigenvalue weighted by Crippen LogP contribution is 2.15. The van der Waals surface area contributed by atoms with Gasteiger partial charge in [0.1, 0.15) is 0 Å². The molecule has 1 amide bonds. The van der Waals surface area contributed by atoms with E-state index in [4.69, 9.17) is 0 Å². The van der Waals surface area contributed by atoms with E-state index in [0.29, 0.717) is 4.90 Å². The molecule has 0 saturated carbocycles. The van der Waals surface area contributed by atoms with Crippen LogP contribution in [0.15, 0.2) is 29.2 Å². The van der Waals surface area contributed by atoms with Crippen molar-refractivity contribution in [1.29, 1.82) is 0 Å². The van der Waals surface area contributed by atoms with Crippen molar-refractivity contribution in [2.75, 3.05) is 25.9 Å². The van der Waals surface area contributed by atoms with Crippen LogP contribution in [0.3, 0.4) is 0 Å². The topological polar surface area (TPSA) is 66.5 Å². The van der Waals surface area contributed by atoms with Crippen molar-refractivity contribution < 1.29 is 13.2 Å². The van der Waals surface area contributed by atoms with Crippen LogP contribution in [0.5, 0.6) is 0 Å². The van der Waals surface area contributed by atoms with Crippen LogP contribution in [0.2, 0.25) is 0 Å². The summed E-state index contributed by atoms with van der Waals surface area (Å²) in [5.74, 6) is -0.133. The molecule has 0 unspecified atom stereocenters. The molecule has 1 aromatic carbocycles. The summed E-state index contributed by atoms with van der Waals surface area (Å²) >= 11 is 0. The fraction of sp³-hybridized carbons (Fsp3) is 0.588. The summed E-state index contributed by atoms with van der Waals surface area (Å²) in [5.41, 5.74) is 1.02. The van der Waals surface area contributed by atoms with Crippen molar-refractivity contribution in [3.63, 3.8) is 0 Å². The normalized spacial score (nSPS) is 20.0. The minimum atomic E-state index is -3.35. The van der Waals surface area contributed by atoms with E-state index in [0.717, 1.165) is 37.8 Å². The number of hydrogen-bond donors (Lipinski definition) is 1. The van der Waals surface area contributed by atoms with Crippen LogP contribution in [-0.2, 0) is 14.6 Å². The number of likely N-dealkylation sites (N-methyl/N-ethyl adjacent to an activating group) is 1. The molecule has 1 aromatic rings. The van der Waals surface area contributed by atoms with Crippen molar-refractivity contribution in [2.45, 2.75) is 43.5 Å². The predicted octanol–water partition coefficient (Wildman–Crippen LogP) is 1.76. The highest BCUT2D eigenvalue weighted by atomic mass is 32.2. The summed E-state index contributed by atoms with van der Waals surface area (Å²) in [4.78, 5) is 14.7. The molecule has 1 heterocycles. The third kappa shape index (κ3) is 5.04. The number of carbonyl (C=O) groups excluding carboxylic acids is 1. The summed E-state index contributed by atoms with van der Waals surface area (Å²) in [6.45, 7) is 2.99. The average Bonchev–Trinajstić information content (AvgIpc) is 2.72. The molecule has 128 valence electrons. The standard InChI is InChI=1S/C17H26N2O3S/c1-14-7-9-15(10-8-14)23(21,22)13-11-18-17(20)16-6-4-3-5-12-19(16)2/h7-10,16H,3-6,11-13H2,1-2H3,(H,18,20)/t16-/m0/s1. The largest absolute Gasteiger partial charge is 0.354 e. The predicted molar refractivity (Wildman–Crippen MR) is 91.1 cm³/mol. The molecule has 0 bridgehead atoms. The molecule has 1 atom stereocenters. The van der Waals surface area contributed by atoms with E-state index in [9.17, 15) is 13.2 Å². The van der Waals surface area contributed by atoms with Crippen LogP contribution >= 0.6 is 0 Å². The monoisotopic (exact) mass is 338 g/mol. The Morgan fingerprint density at radius 3 is 2.61 bits per heavy atom. The zero-order valence-electron chi connectivity index (χ0n) is 13.9. The van der Waals surface area contributed by atoms with Crippen LogP contribution in [0.25, 0.3) is 0 Å². The van der Waals surface area contributed by atoms with Crippen molar-refractivity contribution in [3.05, 3.63) is 29.8 Å². The van der Waals surface area contributed by atoms with E-state index < -0.39 is 9.84 Å². The highest BCUT2D eigenvalue weighted by molar-refractivity contribution is 7.91. The maximum Gasteiger partial charge on any atom is 0.237 e. The Kier molecular flexibility index (Phi) is 6.18. The molecule has 6 heteroatoms. The number of aryl methyl sites for hydroxylation is 1. The molecule has 1 aliphatic rings. The molecule has 0 aliphatic carbocycles. The van der Waals surface area contributed by atoms with E-state index in [2.05, 4.69) is 10.2 Å². The Morgan fingerprint density at radius 1 is 1.22 bits per heavy atom. The van der Waals surface area contributed by atoms with Crippen LogP contribution < -0.4 is 5.32 Å². The molecule has 5 nitrogen and oxygen atoms in total. The zero-order chi connectivity index (χ0) is 16.9. The number of carbonyl (C=O) groups is 1. The van der Waals surface area contributed by atoms with Crippen LogP contribution in [-0.4, -0.2) is 51.2 Å². The second kappa shape index (κ2) is 7.93. The zero-order valence-corrected chi connectivity index (χ0v) is 14.7. The van der Waals surface area contributed by atoms with Gasteiger partial charge in [-0.1, -0.05) is 30.5 Å². The van der Waals surface area contributed by atoms with Crippen LogP contribution in [0.1, 0.15) is 31.2 Å². The Balaban J connectivity index is 1.88. The average molecular weight is 338 g/mol. The minimum absolute atomic E-state index is 0.0616. The molecule has 0 aromatic heterocycles. The summed E-state index contributed by atoms with van der Waals surface area (Å²) in [5, 5.41) is 2.79. The second-order valence-corrected chi connectivity index (χ2v) is 8.38. The van der Waals surface area contributed by atoms with Crippen molar-refractivity contribution in [1.82, 2.24) is 10.2 Å². The van der Waals surface area contributed by atoms with E-state index in [1.807, 2.05) is 14.0 Å². The quantitative estimate of drug-likeness (QED) is 0.888. The fourth-order valence-corrected chi connectivity index (χ4v) is 4.03. The molecule has 1 fully saturated rings. The number of rotatable bonds is 5. The SMILES string of the molecule is Cc1ccc(S(=O)(=O)CCNC(=O)[C@@H]2CCCCCN2C)cc1. The number of likely N-dealkylation sites (tertiary alicyclic amines) is 1. The number of hydrogen-bond acceptors (Lipinski definition) is 4. The molecule has 1 saturated heterocycles. The summed E-state index contributed by atoms with van der Waals surface area (Å²) in [6, 6.07) is 6.66. The first-order valence-corrected chi connectivity index (χ1v) is 9.83. The Morgan fingerprint density at radius 2 is 1.91 bits per heavy atom. The van der Waals surface area contributed by atoms with Crippen LogP contribution in [0.4, 0.5) is 0 Å². The lowest BCUT2D eigenvalue weighted by atomic mass is 10.1. The van der Waals surface area contributed by atoms with E-state index in [1.54, 1.807) is 24.3 Å². The van der Waals surface area contributed by atoms with Gasteiger partial charge in [0.05, 0.1) is 16.7 Å². The number of nitrogens with one attached hydrogen (secondary N) is 1. The lowest BCUT2D eigenvalue weighted by Gasteiger charge is -2.24. The molecule has 0 radical (unpaired) electrons. The van der Waals surface area contributed by atoms with Crippen molar-refractivity contribution in [2.24, 2.45) is 0 Å². The first-order chi connectivity index (χ1) is 10.9. The smallest absolute Gasteiger partial charge is 0.237 e. The number of benzene rings is 1. The first-order valence-electron chi connectivity index (χ1n) is 8.17. The van der Waals surface area contributed by atoms with Gasteiger partial charge in [-0.15, -0.1) is 0 Å². The van der Waals surface area contributed by atoms with Gasteiger partial charge in [0.25, 0.3) is 0 Å². The second-order valence-electron chi connectivity index (χ2n) is 6.27. The highest BCUT2D eigenvalue weighted by Gasteiger charge is 2.24. The van der Waals surface area contributed by atoms with E-state index >= 15 is 0 Å². The first kappa shape index (κ1) is 17.9. The molecular weight excluding hydrogens is 312 g/mol. The maximum absolute atomic E-state index is 12.3. The molecule has 1 aliphatic heterocycles.